The Labute approximate surface area is 135 Å². The summed E-state index contributed by atoms with van der Waals surface area (Å²) in [6, 6.07) is 8.13. The molecule has 0 aromatic heterocycles. The molecule has 0 bridgehead atoms. The third kappa shape index (κ3) is 5.05. The van der Waals surface area contributed by atoms with E-state index in [0.717, 1.165) is 37.2 Å². The molecule has 1 heterocycles. The van der Waals surface area contributed by atoms with Gasteiger partial charge in [-0.25, -0.2) is 0 Å². The molecule has 1 fully saturated rings. The molecule has 0 radical (unpaired) electrons. The molecule has 0 spiro atoms. The molecular formula is C14H21BrClN3O. The average Bonchev–Trinajstić information content (AvgIpc) is 2.42. The summed E-state index contributed by atoms with van der Waals surface area (Å²) in [6.45, 7) is 4.70. The van der Waals surface area contributed by atoms with Crippen molar-refractivity contribution in [2.75, 3.05) is 39.8 Å². The topological polar surface area (TPSA) is 35.6 Å². The van der Waals surface area contributed by atoms with Crippen molar-refractivity contribution in [3.8, 4) is 0 Å². The lowest BCUT2D eigenvalue weighted by molar-refractivity contribution is -0.132. The minimum absolute atomic E-state index is 0. The van der Waals surface area contributed by atoms with Crippen molar-refractivity contribution in [2.45, 2.75) is 6.54 Å². The monoisotopic (exact) mass is 361 g/mol. The standard InChI is InChI=1S/C14H20BrN3O.ClH/c1-17(10-12-4-2-3-5-13(12)15)11-14(19)18-8-6-16-7-9-18;/h2-5,16H,6-11H2,1H3;1H. The molecule has 0 aliphatic carbocycles. The second-order valence-corrected chi connectivity index (χ2v) is 5.75. The summed E-state index contributed by atoms with van der Waals surface area (Å²) < 4.78 is 1.09. The van der Waals surface area contributed by atoms with E-state index in [1.165, 1.54) is 5.56 Å². The second-order valence-electron chi connectivity index (χ2n) is 4.89. The molecule has 0 saturated carbocycles. The van der Waals surface area contributed by atoms with Crippen molar-refractivity contribution in [1.29, 1.82) is 0 Å². The summed E-state index contributed by atoms with van der Waals surface area (Å²) >= 11 is 3.54. The number of amides is 1. The number of likely N-dealkylation sites (N-methyl/N-ethyl adjacent to an activating group) is 1. The van der Waals surface area contributed by atoms with Crippen LogP contribution in [0.2, 0.25) is 0 Å². The Kier molecular flexibility index (Phi) is 7.51. The zero-order valence-electron chi connectivity index (χ0n) is 11.6. The van der Waals surface area contributed by atoms with Gasteiger partial charge in [0.2, 0.25) is 5.91 Å². The first-order chi connectivity index (χ1) is 9.16. The second kappa shape index (κ2) is 8.62. The molecule has 1 N–H and O–H groups in total. The third-order valence-corrected chi connectivity index (χ3v) is 4.05. The van der Waals surface area contributed by atoms with E-state index in [-0.39, 0.29) is 18.3 Å². The zero-order chi connectivity index (χ0) is 13.7. The number of piperazine rings is 1. The van der Waals surface area contributed by atoms with Crippen LogP contribution in [0.25, 0.3) is 0 Å². The van der Waals surface area contributed by atoms with Crippen LogP contribution in [0.1, 0.15) is 5.56 Å². The van der Waals surface area contributed by atoms with Crippen LogP contribution in [0.5, 0.6) is 0 Å². The average molecular weight is 363 g/mol. The van der Waals surface area contributed by atoms with Gasteiger partial charge in [-0.2, -0.15) is 0 Å². The molecule has 1 aromatic rings. The lowest BCUT2D eigenvalue weighted by Gasteiger charge is -2.29. The Morgan fingerprint density at radius 2 is 2.00 bits per heavy atom. The Bertz CT molecular complexity index is 438. The summed E-state index contributed by atoms with van der Waals surface area (Å²) in [5, 5.41) is 3.26. The fourth-order valence-corrected chi connectivity index (χ4v) is 2.63. The van der Waals surface area contributed by atoms with Crippen molar-refractivity contribution in [3.63, 3.8) is 0 Å². The number of carbonyl (C=O) groups is 1. The third-order valence-electron chi connectivity index (χ3n) is 3.27. The van der Waals surface area contributed by atoms with Gasteiger partial charge in [0.1, 0.15) is 0 Å². The number of nitrogens with one attached hydrogen (secondary N) is 1. The largest absolute Gasteiger partial charge is 0.339 e. The quantitative estimate of drug-likeness (QED) is 0.886. The van der Waals surface area contributed by atoms with Crippen molar-refractivity contribution >= 4 is 34.2 Å². The first-order valence-corrected chi connectivity index (χ1v) is 7.36. The molecule has 112 valence electrons. The van der Waals surface area contributed by atoms with Gasteiger partial charge in [0.25, 0.3) is 0 Å². The van der Waals surface area contributed by atoms with Gasteiger partial charge in [0.05, 0.1) is 6.54 Å². The molecule has 2 rings (SSSR count). The molecule has 1 aliphatic heterocycles. The SMILES string of the molecule is CN(CC(=O)N1CCNCC1)Cc1ccccc1Br.Cl. The van der Waals surface area contributed by atoms with Crippen molar-refractivity contribution in [2.24, 2.45) is 0 Å². The Hall–Kier alpha value is -0.620. The first-order valence-electron chi connectivity index (χ1n) is 6.57. The van der Waals surface area contributed by atoms with E-state index in [1.54, 1.807) is 0 Å². The molecule has 20 heavy (non-hydrogen) atoms. The van der Waals surface area contributed by atoms with Gasteiger partial charge in [-0.3, -0.25) is 9.69 Å². The molecule has 4 nitrogen and oxygen atoms in total. The molecule has 1 aromatic carbocycles. The number of hydrogen-bond donors (Lipinski definition) is 1. The predicted molar refractivity (Wildman–Crippen MR) is 87.2 cm³/mol. The number of rotatable bonds is 4. The van der Waals surface area contributed by atoms with Crippen molar-refractivity contribution < 1.29 is 4.79 Å². The van der Waals surface area contributed by atoms with Gasteiger partial charge in [-0.15, -0.1) is 12.4 Å². The highest BCUT2D eigenvalue weighted by atomic mass is 79.9. The number of nitrogens with zero attached hydrogens (tertiary/aromatic N) is 2. The number of halogens is 2. The molecular weight excluding hydrogens is 342 g/mol. The van der Waals surface area contributed by atoms with Gasteiger partial charge < -0.3 is 10.2 Å². The first kappa shape index (κ1) is 17.4. The summed E-state index contributed by atoms with van der Waals surface area (Å²) in [6.07, 6.45) is 0. The van der Waals surface area contributed by atoms with Crippen molar-refractivity contribution in [3.05, 3.63) is 34.3 Å². The minimum Gasteiger partial charge on any atom is -0.339 e. The van der Waals surface area contributed by atoms with E-state index in [1.807, 2.05) is 30.1 Å². The van der Waals surface area contributed by atoms with Crippen LogP contribution in [0.3, 0.4) is 0 Å². The smallest absolute Gasteiger partial charge is 0.236 e. The highest BCUT2D eigenvalue weighted by Crippen LogP contribution is 2.17. The van der Waals surface area contributed by atoms with E-state index in [9.17, 15) is 4.79 Å². The summed E-state index contributed by atoms with van der Waals surface area (Å²) in [7, 11) is 1.99. The van der Waals surface area contributed by atoms with Gasteiger partial charge in [0, 0.05) is 37.2 Å². The fourth-order valence-electron chi connectivity index (χ4n) is 2.22. The fraction of sp³-hybridized carbons (Fsp3) is 0.500. The van der Waals surface area contributed by atoms with Crippen LogP contribution in [0.4, 0.5) is 0 Å². The number of hydrogen-bond acceptors (Lipinski definition) is 3. The van der Waals surface area contributed by atoms with Crippen molar-refractivity contribution in [1.82, 2.24) is 15.1 Å². The minimum atomic E-state index is 0. The maximum Gasteiger partial charge on any atom is 0.236 e. The summed E-state index contributed by atoms with van der Waals surface area (Å²) in [4.78, 5) is 16.1. The van der Waals surface area contributed by atoms with E-state index >= 15 is 0 Å². The van der Waals surface area contributed by atoms with Crippen LogP contribution in [0.15, 0.2) is 28.7 Å². The number of carbonyl (C=O) groups excluding carboxylic acids is 1. The van der Waals surface area contributed by atoms with Crippen LogP contribution in [-0.2, 0) is 11.3 Å². The molecule has 0 unspecified atom stereocenters. The van der Waals surface area contributed by atoms with Gasteiger partial charge >= 0.3 is 0 Å². The highest BCUT2D eigenvalue weighted by molar-refractivity contribution is 9.10. The molecule has 6 heteroatoms. The van der Waals surface area contributed by atoms with Crippen LogP contribution >= 0.6 is 28.3 Å². The predicted octanol–water partition coefficient (Wildman–Crippen LogP) is 1.73. The normalized spacial score (nSPS) is 15.1. The molecule has 0 atom stereocenters. The van der Waals surface area contributed by atoms with Gasteiger partial charge in [-0.05, 0) is 18.7 Å². The van der Waals surface area contributed by atoms with E-state index in [2.05, 4.69) is 32.2 Å². The zero-order valence-corrected chi connectivity index (χ0v) is 14.0. The lowest BCUT2D eigenvalue weighted by Crippen LogP contribution is -2.49. The Balaban J connectivity index is 0.00000200. The molecule has 1 aliphatic rings. The van der Waals surface area contributed by atoms with E-state index < -0.39 is 0 Å². The van der Waals surface area contributed by atoms with Crippen LogP contribution in [0, 0.1) is 0 Å². The maximum absolute atomic E-state index is 12.1. The van der Waals surface area contributed by atoms with Crippen LogP contribution < -0.4 is 5.32 Å². The highest BCUT2D eigenvalue weighted by Gasteiger charge is 2.17. The maximum atomic E-state index is 12.1. The lowest BCUT2D eigenvalue weighted by atomic mass is 10.2. The van der Waals surface area contributed by atoms with Gasteiger partial charge in [0.15, 0.2) is 0 Å². The summed E-state index contributed by atoms with van der Waals surface area (Å²) in [5.41, 5.74) is 1.21. The van der Waals surface area contributed by atoms with Crippen LogP contribution in [-0.4, -0.2) is 55.5 Å². The number of benzene rings is 1. The van der Waals surface area contributed by atoms with E-state index in [4.69, 9.17) is 0 Å². The molecule has 1 amide bonds. The Morgan fingerprint density at radius 1 is 1.35 bits per heavy atom. The molecule has 1 saturated heterocycles. The summed E-state index contributed by atoms with van der Waals surface area (Å²) in [5.74, 6) is 0.219. The van der Waals surface area contributed by atoms with E-state index in [0.29, 0.717) is 6.54 Å². The Morgan fingerprint density at radius 3 is 2.65 bits per heavy atom. The van der Waals surface area contributed by atoms with Gasteiger partial charge in [-0.1, -0.05) is 34.1 Å².